The Kier molecular flexibility index (Phi) is 5.30. The number of nitrogens with two attached hydrogens (primary N) is 1. The molecule has 1 aromatic rings. The van der Waals surface area contributed by atoms with Crippen LogP contribution in [0.3, 0.4) is 0 Å². The van der Waals surface area contributed by atoms with Gasteiger partial charge in [0, 0.05) is 5.69 Å². The van der Waals surface area contributed by atoms with Crippen LogP contribution in [0.25, 0.3) is 0 Å². The number of rotatable bonds is 5. The Bertz CT molecular complexity index is 514. The molecular formula is C11H15BrN2O3S. The highest BCUT2D eigenvalue weighted by Gasteiger charge is 2.12. The van der Waals surface area contributed by atoms with Gasteiger partial charge in [-0.2, -0.15) is 0 Å². The molecule has 0 saturated carbocycles. The van der Waals surface area contributed by atoms with Crippen LogP contribution in [-0.2, 0) is 20.6 Å². The van der Waals surface area contributed by atoms with Crippen LogP contribution in [-0.4, -0.2) is 19.2 Å². The van der Waals surface area contributed by atoms with Crippen molar-refractivity contribution < 1.29 is 13.2 Å². The van der Waals surface area contributed by atoms with Gasteiger partial charge in [0.15, 0.2) is 0 Å². The molecule has 0 saturated heterocycles. The highest BCUT2D eigenvalue weighted by Crippen LogP contribution is 2.13. The monoisotopic (exact) mass is 334 g/mol. The fraction of sp³-hybridized carbons (Fsp3) is 0.364. The van der Waals surface area contributed by atoms with Crippen molar-refractivity contribution in [3.63, 3.8) is 0 Å². The topological polar surface area (TPSA) is 89.3 Å². The van der Waals surface area contributed by atoms with Gasteiger partial charge in [-0.1, -0.05) is 35.0 Å². The minimum atomic E-state index is -3.53. The summed E-state index contributed by atoms with van der Waals surface area (Å²) in [5.74, 6) is -0.339. The SMILES string of the molecule is CCC(Br)C(=O)Nc1ccc(CS(N)(=O)=O)cc1. The van der Waals surface area contributed by atoms with E-state index >= 15 is 0 Å². The molecule has 0 heterocycles. The van der Waals surface area contributed by atoms with Gasteiger partial charge < -0.3 is 5.32 Å². The first-order valence-corrected chi connectivity index (χ1v) is 7.99. The van der Waals surface area contributed by atoms with Crippen molar-refractivity contribution in [1.29, 1.82) is 0 Å². The van der Waals surface area contributed by atoms with Crippen LogP contribution >= 0.6 is 15.9 Å². The molecule has 1 unspecified atom stereocenters. The Morgan fingerprint density at radius 3 is 2.39 bits per heavy atom. The Labute approximate surface area is 115 Å². The van der Waals surface area contributed by atoms with Crippen LogP contribution in [0.4, 0.5) is 5.69 Å². The number of anilines is 1. The third-order valence-electron chi connectivity index (χ3n) is 2.23. The molecule has 1 aromatic carbocycles. The molecule has 0 aliphatic heterocycles. The van der Waals surface area contributed by atoms with E-state index in [1.165, 1.54) is 0 Å². The molecule has 0 spiro atoms. The molecular weight excluding hydrogens is 320 g/mol. The summed E-state index contributed by atoms with van der Waals surface area (Å²) >= 11 is 3.25. The molecule has 3 N–H and O–H groups in total. The van der Waals surface area contributed by atoms with E-state index < -0.39 is 10.0 Å². The first kappa shape index (κ1) is 15.1. The zero-order valence-corrected chi connectivity index (χ0v) is 12.3. The van der Waals surface area contributed by atoms with E-state index in [4.69, 9.17) is 5.14 Å². The lowest BCUT2D eigenvalue weighted by Gasteiger charge is -2.09. The summed E-state index contributed by atoms with van der Waals surface area (Å²) in [6.45, 7) is 1.90. The molecule has 0 aliphatic carbocycles. The number of hydrogen-bond donors (Lipinski definition) is 2. The Balaban J connectivity index is 2.69. The molecule has 100 valence electrons. The van der Waals surface area contributed by atoms with Crippen molar-refractivity contribution in [3.05, 3.63) is 29.8 Å². The summed E-state index contributed by atoms with van der Waals surface area (Å²) in [5, 5.41) is 7.66. The van der Waals surface area contributed by atoms with E-state index in [2.05, 4.69) is 21.2 Å². The summed E-state index contributed by atoms with van der Waals surface area (Å²) in [6, 6.07) is 6.53. The average molecular weight is 335 g/mol. The average Bonchev–Trinajstić information content (AvgIpc) is 2.28. The first-order valence-electron chi connectivity index (χ1n) is 5.36. The van der Waals surface area contributed by atoms with Crippen molar-refractivity contribution in [2.24, 2.45) is 5.14 Å². The van der Waals surface area contributed by atoms with Crippen LogP contribution in [0.2, 0.25) is 0 Å². The Morgan fingerprint density at radius 1 is 1.39 bits per heavy atom. The summed E-state index contributed by atoms with van der Waals surface area (Å²) in [5.41, 5.74) is 1.21. The number of amides is 1. The molecule has 0 aromatic heterocycles. The minimum absolute atomic E-state index is 0.128. The van der Waals surface area contributed by atoms with E-state index in [-0.39, 0.29) is 16.5 Å². The molecule has 1 amide bonds. The second kappa shape index (κ2) is 6.31. The molecule has 0 fully saturated rings. The second-order valence-electron chi connectivity index (χ2n) is 3.87. The summed E-state index contributed by atoms with van der Waals surface area (Å²) in [4.78, 5) is 11.3. The highest BCUT2D eigenvalue weighted by molar-refractivity contribution is 9.10. The van der Waals surface area contributed by atoms with Crippen molar-refractivity contribution >= 4 is 37.5 Å². The van der Waals surface area contributed by atoms with Crippen molar-refractivity contribution in [2.45, 2.75) is 23.9 Å². The van der Waals surface area contributed by atoms with Crippen molar-refractivity contribution in [1.82, 2.24) is 0 Å². The van der Waals surface area contributed by atoms with E-state index in [9.17, 15) is 13.2 Å². The number of benzene rings is 1. The summed E-state index contributed by atoms with van der Waals surface area (Å²) in [6.07, 6.45) is 0.690. The minimum Gasteiger partial charge on any atom is -0.325 e. The van der Waals surface area contributed by atoms with Gasteiger partial charge in [-0.05, 0) is 24.1 Å². The number of primary sulfonamides is 1. The Morgan fingerprint density at radius 2 is 1.94 bits per heavy atom. The number of carbonyl (C=O) groups is 1. The number of nitrogens with one attached hydrogen (secondary N) is 1. The predicted molar refractivity (Wildman–Crippen MR) is 74.9 cm³/mol. The number of carbonyl (C=O) groups excluding carboxylic acids is 1. The van der Waals surface area contributed by atoms with Gasteiger partial charge in [0.05, 0.1) is 10.6 Å². The van der Waals surface area contributed by atoms with E-state index in [1.54, 1.807) is 24.3 Å². The van der Waals surface area contributed by atoms with Crippen LogP contribution in [0, 0.1) is 0 Å². The van der Waals surface area contributed by atoms with Crippen molar-refractivity contribution in [2.75, 3.05) is 5.32 Å². The zero-order valence-electron chi connectivity index (χ0n) is 9.89. The lowest BCUT2D eigenvalue weighted by molar-refractivity contribution is -0.115. The molecule has 0 radical (unpaired) electrons. The highest BCUT2D eigenvalue weighted by atomic mass is 79.9. The summed E-state index contributed by atoms with van der Waals surface area (Å²) in [7, 11) is -3.53. The van der Waals surface area contributed by atoms with Crippen LogP contribution in [0.15, 0.2) is 24.3 Å². The fourth-order valence-corrected chi connectivity index (χ4v) is 2.09. The lowest BCUT2D eigenvalue weighted by atomic mass is 10.2. The molecule has 7 heteroatoms. The van der Waals surface area contributed by atoms with Gasteiger partial charge in [-0.25, -0.2) is 13.6 Å². The van der Waals surface area contributed by atoms with Gasteiger partial charge >= 0.3 is 0 Å². The quantitative estimate of drug-likeness (QED) is 0.801. The molecule has 1 atom stereocenters. The lowest BCUT2D eigenvalue weighted by Crippen LogP contribution is -2.22. The number of alkyl halides is 1. The van der Waals surface area contributed by atoms with Crippen LogP contribution < -0.4 is 10.5 Å². The third kappa shape index (κ3) is 5.16. The van der Waals surface area contributed by atoms with E-state index in [1.807, 2.05) is 6.92 Å². The first-order chi connectivity index (χ1) is 8.31. The van der Waals surface area contributed by atoms with Crippen LogP contribution in [0.5, 0.6) is 0 Å². The molecule has 1 rings (SSSR count). The fourth-order valence-electron chi connectivity index (χ4n) is 1.32. The van der Waals surface area contributed by atoms with Crippen molar-refractivity contribution in [3.8, 4) is 0 Å². The van der Waals surface area contributed by atoms with E-state index in [0.29, 0.717) is 17.7 Å². The number of halogens is 1. The molecule has 5 nitrogen and oxygen atoms in total. The molecule has 18 heavy (non-hydrogen) atoms. The number of hydrogen-bond acceptors (Lipinski definition) is 3. The standard InChI is InChI=1S/C11H15BrN2O3S/c1-2-10(12)11(15)14-9-5-3-8(4-6-9)7-18(13,16)17/h3-6,10H,2,7H2,1H3,(H,14,15)(H2,13,16,17). The van der Waals surface area contributed by atoms with E-state index in [0.717, 1.165) is 0 Å². The maximum absolute atomic E-state index is 11.6. The predicted octanol–water partition coefficient (Wildman–Crippen LogP) is 1.59. The van der Waals surface area contributed by atoms with Gasteiger partial charge in [0.25, 0.3) is 0 Å². The van der Waals surface area contributed by atoms with Gasteiger partial charge in [-0.3, -0.25) is 4.79 Å². The largest absolute Gasteiger partial charge is 0.325 e. The zero-order chi connectivity index (χ0) is 13.8. The summed E-state index contributed by atoms with van der Waals surface area (Å²) < 4.78 is 21.8. The second-order valence-corrected chi connectivity index (χ2v) is 6.59. The Hall–Kier alpha value is -0.920. The normalized spacial score (nSPS) is 13.1. The number of sulfonamides is 1. The van der Waals surface area contributed by atoms with Crippen LogP contribution in [0.1, 0.15) is 18.9 Å². The maximum Gasteiger partial charge on any atom is 0.238 e. The van der Waals surface area contributed by atoms with Gasteiger partial charge in [0.2, 0.25) is 15.9 Å². The smallest absolute Gasteiger partial charge is 0.238 e. The molecule has 0 aliphatic rings. The maximum atomic E-state index is 11.6. The van der Waals surface area contributed by atoms with Gasteiger partial charge in [-0.15, -0.1) is 0 Å². The van der Waals surface area contributed by atoms with Gasteiger partial charge in [0.1, 0.15) is 0 Å². The third-order valence-corrected chi connectivity index (χ3v) is 4.03. The molecule has 0 bridgehead atoms.